The highest BCUT2D eigenvalue weighted by Gasteiger charge is 2.12. The quantitative estimate of drug-likeness (QED) is 0.562. The Morgan fingerprint density at radius 2 is 2.04 bits per heavy atom. The molecule has 0 bridgehead atoms. The van der Waals surface area contributed by atoms with Crippen molar-refractivity contribution in [2.45, 2.75) is 13.2 Å². The summed E-state index contributed by atoms with van der Waals surface area (Å²) in [5.41, 5.74) is 1.91. The van der Waals surface area contributed by atoms with E-state index < -0.39 is 0 Å². The van der Waals surface area contributed by atoms with E-state index in [1.54, 1.807) is 36.8 Å². The maximum absolute atomic E-state index is 6.06. The summed E-state index contributed by atoms with van der Waals surface area (Å²) < 4.78 is 11.5. The van der Waals surface area contributed by atoms with Crippen molar-refractivity contribution in [3.8, 4) is 11.5 Å². The molecule has 0 aliphatic carbocycles. The molecule has 1 aromatic heterocycles. The molecule has 3 rings (SSSR count). The van der Waals surface area contributed by atoms with Gasteiger partial charge in [0.05, 0.1) is 17.2 Å². The van der Waals surface area contributed by atoms with Crippen molar-refractivity contribution in [3.05, 3.63) is 69.1 Å². The number of benzene rings is 2. The molecule has 0 spiro atoms. The minimum Gasteiger partial charge on any atom is -0.493 e. The largest absolute Gasteiger partial charge is 0.493 e. The minimum absolute atomic E-state index is 0.363. The van der Waals surface area contributed by atoms with Crippen molar-refractivity contribution >= 4 is 39.7 Å². The molecule has 1 N–H and O–H groups in total. The summed E-state index contributed by atoms with van der Waals surface area (Å²) in [4.78, 5) is 4.22. The first kappa shape index (κ1) is 17.9. The van der Waals surface area contributed by atoms with Crippen molar-refractivity contribution in [2.75, 3.05) is 12.4 Å². The van der Waals surface area contributed by atoms with Gasteiger partial charge in [0.25, 0.3) is 0 Å². The third-order valence-electron chi connectivity index (χ3n) is 3.51. The summed E-state index contributed by atoms with van der Waals surface area (Å²) in [6.45, 7) is 0.947. The van der Waals surface area contributed by atoms with Gasteiger partial charge in [0, 0.05) is 23.7 Å². The van der Waals surface area contributed by atoms with Crippen LogP contribution in [-0.4, -0.2) is 12.1 Å². The Labute approximate surface area is 160 Å². The highest BCUT2D eigenvalue weighted by molar-refractivity contribution is 7.13. The number of thiazole rings is 1. The van der Waals surface area contributed by atoms with Crippen molar-refractivity contribution < 1.29 is 9.47 Å². The van der Waals surface area contributed by atoms with Crippen LogP contribution in [0.3, 0.4) is 0 Å². The van der Waals surface area contributed by atoms with Gasteiger partial charge in [-0.2, -0.15) is 0 Å². The number of methoxy groups -OCH3 is 1. The van der Waals surface area contributed by atoms with Crippen LogP contribution in [0.5, 0.6) is 11.5 Å². The maximum atomic E-state index is 6.06. The van der Waals surface area contributed by atoms with Gasteiger partial charge in [-0.15, -0.1) is 11.3 Å². The van der Waals surface area contributed by atoms with E-state index in [4.69, 9.17) is 32.7 Å². The summed E-state index contributed by atoms with van der Waals surface area (Å²) >= 11 is 13.6. The molecule has 0 radical (unpaired) electrons. The van der Waals surface area contributed by atoms with Gasteiger partial charge >= 0.3 is 0 Å². The van der Waals surface area contributed by atoms with Crippen LogP contribution in [0.2, 0.25) is 10.0 Å². The summed E-state index contributed by atoms with van der Waals surface area (Å²) in [5, 5.41) is 7.10. The molecule has 0 saturated carbocycles. The lowest BCUT2D eigenvalue weighted by Crippen LogP contribution is -2.05. The van der Waals surface area contributed by atoms with Crippen molar-refractivity contribution in [1.29, 1.82) is 0 Å². The maximum Gasteiger partial charge on any atom is 0.182 e. The van der Waals surface area contributed by atoms with Gasteiger partial charge in [0.2, 0.25) is 0 Å². The number of aromatic nitrogens is 1. The Kier molecular flexibility index (Phi) is 6.02. The summed E-state index contributed by atoms with van der Waals surface area (Å²) in [6, 6.07) is 11.2. The average molecular weight is 395 g/mol. The fourth-order valence-electron chi connectivity index (χ4n) is 2.29. The van der Waals surface area contributed by atoms with Gasteiger partial charge in [0.1, 0.15) is 6.61 Å². The fourth-order valence-corrected chi connectivity index (χ4v) is 3.14. The van der Waals surface area contributed by atoms with Crippen molar-refractivity contribution in [1.82, 2.24) is 4.98 Å². The Morgan fingerprint density at radius 1 is 1.16 bits per heavy atom. The molecule has 0 saturated heterocycles. The number of para-hydroxylation sites is 1. The minimum atomic E-state index is 0.363. The number of ether oxygens (including phenoxy) is 2. The third-order valence-corrected chi connectivity index (χ3v) is 4.98. The Hall–Kier alpha value is -1.95. The predicted octanol–water partition coefficient (Wildman–Crippen LogP) is 5.65. The predicted molar refractivity (Wildman–Crippen MR) is 103 cm³/mol. The van der Waals surface area contributed by atoms with Crippen LogP contribution in [0.25, 0.3) is 0 Å². The topological polar surface area (TPSA) is 43.4 Å². The van der Waals surface area contributed by atoms with E-state index in [0.29, 0.717) is 34.7 Å². The normalized spacial score (nSPS) is 10.5. The van der Waals surface area contributed by atoms with Crippen LogP contribution < -0.4 is 14.8 Å². The van der Waals surface area contributed by atoms with Gasteiger partial charge in [-0.3, -0.25) is 0 Å². The average Bonchev–Trinajstić information content (AvgIpc) is 3.14. The van der Waals surface area contributed by atoms with E-state index >= 15 is 0 Å². The van der Waals surface area contributed by atoms with E-state index in [-0.39, 0.29) is 0 Å². The SMILES string of the molecule is COc1cccc(CNc2nccs2)c1OCc1ccc(Cl)c(Cl)c1. The molecule has 0 amide bonds. The molecular formula is C18H16Cl2N2O2S. The van der Waals surface area contributed by atoms with Crippen molar-refractivity contribution in [2.24, 2.45) is 0 Å². The first-order chi connectivity index (χ1) is 12.2. The summed E-state index contributed by atoms with van der Waals surface area (Å²) in [6.07, 6.45) is 1.76. The number of nitrogens with zero attached hydrogens (tertiary/aromatic N) is 1. The molecule has 7 heteroatoms. The molecule has 0 fully saturated rings. The second kappa shape index (κ2) is 8.43. The van der Waals surface area contributed by atoms with Gasteiger partial charge in [-0.25, -0.2) is 4.98 Å². The highest BCUT2D eigenvalue weighted by Crippen LogP contribution is 2.33. The second-order valence-corrected chi connectivity index (χ2v) is 6.89. The van der Waals surface area contributed by atoms with Crippen LogP contribution in [0.4, 0.5) is 5.13 Å². The number of hydrogen-bond acceptors (Lipinski definition) is 5. The van der Waals surface area contributed by atoms with E-state index in [9.17, 15) is 0 Å². The zero-order valence-corrected chi connectivity index (χ0v) is 15.8. The smallest absolute Gasteiger partial charge is 0.182 e. The van der Waals surface area contributed by atoms with Crippen LogP contribution in [-0.2, 0) is 13.2 Å². The van der Waals surface area contributed by atoms with Gasteiger partial charge in [-0.05, 0) is 23.8 Å². The molecular weight excluding hydrogens is 379 g/mol. The lowest BCUT2D eigenvalue weighted by atomic mass is 10.1. The fraction of sp³-hybridized carbons (Fsp3) is 0.167. The van der Waals surface area contributed by atoms with E-state index in [1.165, 1.54) is 0 Å². The third kappa shape index (κ3) is 4.57. The van der Waals surface area contributed by atoms with E-state index in [1.807, 2.05) is 29.6 Å². The molecule has 0 aliphatic rings. The van der Waals surface area contributed by atoms with Gasteiger partial charge in [0.15, 0.2) is 16.6 Å². The summed E-state index contributed by atoms with van der Waals surface area (Å²) in [5.74, 6) is 1.37. The van der Waals surface area contributed by atoms with Crippen LogP contribution >= 0.6 is 34.5 Å². The summed E-state index contributed by atoms with van der Waals surface area (Å²) in [7, 11) is 1.62. The molecule has 0 aliphatic heterocycles. The van der Waals surface area contributed by atoms with Crippen LogP contribution in [0, 0.1) is 0 Å². The van der Waals surface area contributed by atoms with Crippen LogP contribution in [0.15, 0.2) is 48.0 Å². The first-order valence-electron chi connectivity index (χ1n) is 7.53. The number of rotatable bonds is 7. The Balaban J connectivity index is 1.76. The molecule has 0 unspecified atom stereocenters. The zero-order chi connectivity index (χ0) is 17.6. The lowest BCUT2D eigenvalue weighted by Gasteiger charge is -2.15. The molecule has 4 nitrogen and oxygen atoms in total. The molecule has 2 aromatic carbocycles. The lowest BCUT2D eigenvalue weighted by molar-refractivity contribution is 0.281. The number of hydrogen-bond donors (Lipinski definition) is 1. The highest BCUT2D eigenvalue weighted by atomic mass is 35.5. The molecule has 0 atom stereocenters. The number of anilines is 1. The number of halogens is 2. The second-order valence-electron chi connectivity index (χ2n) is 5.18. The Bertz CT molecular complexity index is 841. The molecule has 130 valence electrons. The monoisotopic (exact) mass is 394 g/mol. The standard InChI is InChI=1S/C18H16Cl2N2O2S/c1-23-16-4-2-3-13(10-22-18-21-7-8-25-18)17(16)24-11-12-5-6-14(19)15(20)9-12/h2-9H,10-11H2,1H3,(H,21,22). The zero-order valence-electron chi connectivity index (χ0n) is 13.5. The Morgan fingerprint density at radius 3 is 2.76 bits per heavy atom. The van der Waals surface area contributed by atoms with Gasteiger partial charge in [-0.1, -0.05) is 41.4 Å². The van der Waals surface area contributed by atoms with Crippen LogP contribution in [0.1, 0.15) is 11.1 Å². The molecule has 25 heavy (non-hydrogen) atoms. The molecule has 3 aromatic rings. The van der Waals surface area contributed by atoms with Gasteiger partial charge < -0.3 is 14.8 Å². The van der Waals surface area contributed by atoms with E-state index in [2.05, 4.69) is 10.3 Å². The molecule has 1 heterocycles. The van der Waals surface area contributed by atoms with E-state index in [0.717, 1.165) is 16.3 Å². The van der Waals surface area contributed by atoms with Crippen molar-refractivity contribution in [3.63, 3.8) is 0 Å². The first-order valence-corrected chi connectivity index (χ1v) is 9.17. The number of nitrogens with one attached hydrogen (secondary N) is 1.